The van der Waals surface area contributed by atoms with Crippen LogP contribution in [0, 0.1) is 11.8 Å². The van der Waals surface area contributed by atoms with Crippen molar-refractivity contribution in [1.82, 2.24) is 0 Å². The molecule has 0 unspecified atom stereocenters. The molecule has 0 amide bonds. The van der Waals surface area contributed by atoms with Crippen molar-refractivity contribution >= 4 is 11.6 Å². The third-order valence-corrected chi connectivity index (χ3v) is 4.42. The Morgan fingerprint density at radius 2 is 1.36 bits per heavy atom. The minimum absolute atomic E-state index is 0.163. The van der Waals surface area contributed by atoms with Crippen LogP contribution in [0.4, 0.5) is 0 Å². The van der Waals surface area contributed by atoms with Crippen LogP contribution in [0.25, 0.3) is 0 Å². The second-order valence-electron chi connectivity index (χ2n) is 4.41. The predicted octanol–water partition coefficient (Wildman–Crippen LogP) is 3.58. The largest absolute Gasteiger partial charge is 0.119 e. The van der Waals surface area contributed by atoms with Gasteiger partial charge in [-0.3, -0.25) is 0 Å². The summed E-state index contributed by atoms with van der Waals surface area (Å²) in [7, 11) is 0. The minimum atomic E-state index is 0.163. The summed E-state index contributed by atoms with van der Waals surface area (Å²) in [5, 5.41) is 0. The molecule has 0 saturated heterocycles. The lowest BCUT2D eigenvalue weighted by molar-refractivity contribution is 0.131. The smallest absolute Gasteiger partial charge is 0.0474 e. The third-order valence-electron chi connectivity index (χ3n) is 3.81. The molecule has 2 fully saturated rings. The van der Waals surface area contributed by atoms with E-state index < -0.39 is 0 Å². The molecular formula is C10H17Cl. The number of hydrogen-bond acceptors (Lipinski definition) is 0. The quantitative estimate of drug-likeness (QED) is 0.490. The Hall–Kier alpha value is 0.290. The molecule has 0 aromatic heterocycles. The summed E-state index contributed by atoms with van der Waals surface area (Å²) in [5.41, 5.74) is 0. The van der Waals surface area contributed by atoms with Gasteiger partial charge in [-0.1, -0.05) is 12.8 Å². The van der Waals surface area contributed by atoms with Crippen LogP contribution in [0.2, 0.25) is 0 Å². The van der Waals surface area contributed by atoms with Gasteiger partial charge in [-0.05, 0) is 44.4 Å². The highest BCUT2D eigenvalue weighted by Gasteiger charge is 2.44. The van der Waals surface area contributed by atoms with Gasteiger partial charge in [-0.2, -0.15) is 0 Å². The van der Waals surface area contributed by atoms with Crippen molar-refractivity contribution in [2.24, 2.45) is 11.8 Å². The van der Waals surface area contributed by atoms with Crippen molar-refractivity contribution in [1.29, 1.82) is 0 Å². The molecule has 2 aliphatic rings. The zero-order valence-electron chi connectivity index (χ0n) is 7.28. The first-order valence-electron chi connectivity index (χ1n) is 4.90. The molecule has 1 heteroatoms. The number of rotatable bonds is 0. The summed E-state index contributed by atoms with van der Waals surface area (Å²) >= 11 is 6.54. The fourth-order valence-electron chi connectivity index (χ4n) is 2.97. The maximum atomic E-state index is 6.54. The van der Waals surface area contributed by atoms with Crippen molar-refractivity contribution in [2.75, 3.05) is 0 Å². The molecule has 64 valence electrons. The zero-order chi connectivity index (χ0) is 7.90. The first kappa shape index (κ1) is 7.91. The molecular weight excluding hydrogens is 156 g/mol. The molecule has 0 aromatic rings. The number of alkyl halides is 1. The molecule has 0 N–H and O–H groups in total. The molecule has 0 aliphatic heterocycles. The summed E-state index contributed by atoms with van der Waals surface area (Å²) in [5.74, 6) is 1.66. The van der Waals surface area contributed by atoms with Crippen LogP contribution in [0.5, 0.6) is 0 Å². The van der Waals surface area contributed by atoms with E-state index in [1.165, 1.54) is 38.5 Å². The second kappa shape index (κ2) is 2.65. The molecule has 0 aromatic carbocycles. The van der Waals surface area contributed by atoms with Crippen molar-refractivity contribution in [3.63, 3.8) is 0 Å². The molecule has 0 nitrogen and oxygen atoms in total. The highest BCUT2D eigenvalue weighted by Crippen LogP contribution is 2.50. The zero-order valence-corrected chi connectivity index (χ0v) is 8.03. The van der Waals surface area contributed by atoms with E-state index in [1.807, 2.05) is 0 Å². The van der Waals surface area contributed by atoms with Gasteiger partial charge >= 0.3 is 0 Å². The Labute approximate surface area is 74.3 Å². The molecule has 0 atom stereocenters. The van der Waals surface area contributed by atoms with Gasteiger partial charge in [0.2, 0.25) is 0 Å². The molecule has 0 spiro atoms. The monoisotopic (exact) mass is 172 g/mol. The summed E-state index contributed by atoms with van der Waals surface area (Å²) in [6.45, 7) is 2.27. The Kier molecular flexibility index (Phi) is 1.91. The minimum Gasteiger partial charge on any atom is -0.119 e. The fraction of sp³-hybridized carbons (Fsp3) is 1.00. The maximum absolute atomic E-state index is 6.54. The Morgan fingerprint density at radius 1 is 1.00 bits per heavy atom. The predicted molar refractivity (Wildman–Crippen MR) is 48.9 cm³/mol. The van der Waals surface area contributed by atoms with E-state index >= 15 is 0 Å². The van der Waals surface area contributed by atoms with Gasteiger partial charge < -0.3 is 0 Å². The van der Waals surface area contributed by atoms with Crippen LogP contribution in [-0.2, 0) is 0 Å². The lowest BCUT2D eigenvalue weighted by Crippen LogP contribution is -2.43. The van der Waals surface area contributed by atoms with Gasteiger partial charge in [0.1, 0.15) is 0 Å². The van der Waals surface area contributed by atoms with Crippen LogP contribution >= 0.6 is 11.6 Å². The summed E-state index contributed by atoms with van der Waals surface area (Å²) in [4.78, 5) is 0.163. The van der Waals surface area contributed by atoms with Crippen molar-refractivity contribution in [3.05, 3.63) is 0 Å². The summed E-state index contributed by atoms with van der Waals surface area (Å²) in [6, 6.07) is 0. The van der Waals surface area contributed by atoms with Gasteiger partial charge in [0.15, 0.2) is 0 Å². The van der Waals surface area contributed by atoms with E-state index in [1.54, 1.807) is 0 Å². The molecule has 2 rings (SSSR count). The van der Waals surface area contributed by atoms with Crippen LogP contribution in [0.3, 0.4) is 0 Å². The molecule has 2 aliphatic carbocycles. The Balaban J connectivity index is 2.17. The van der Waals surface area contributed by atoms with Gasteiger partial charge in [-0.15, -0.1) is 11.6 Å². The number of halogens is 1. The average Bonchev–Trinajstić information content (AvgIpc) is 1.82. The van der Waals surface area contributed by atoms with Crippen LogP contribution in [0.1, 0.15) is 45.4 Å². The maximum Gasteiger partial charge on any atom is 0.0474 e. The summed E-state index contributed by atoms with van der Waals surface area (Å²) in [6.07, 6.45) is 8.40. The van der Waals surface area contributed by atoms with Gasteiger partial charge in [0, 0.05) is 4.87 Å². The molecule has 11 heavy (non-hydrogen) atoms. The van der Waals surface area contributed by atoms with Crippen molar-refractivity contribution in [3.8, 4) is 0 Å². The van der Waals surface area contributed by atoms with E-state index in [0.29, 0.717) is 0 Å². The van der Waals surface area contributed by atoms with E-state index in [2.05, 4.69) is 6.92 Å². The van der Waals surface area contributed by atoms with Gasteiger partial charge in [-0.25, -0.2) is 0 Å². The van der Waals surface area contributed by atoms with E-state index in [0.717, 1.165) is 11.8 Å². The van der Waals surface area contributed by atoms with E-state index in [4.69, 9.17) is 11.6 Å². The molecule has 2 bridgehead atoms. The average molecular weight is 173 g/mol. The topological polar surface area (TPSA) is 0 Å². The Bertz CT molecular complexity index is 127. The number of fused-ring (bicyclic) bond motifs is 2. The lowest BCUT2D eigenvalue weighted by Gasteiger charge is -2.47. The standard InChI is InChI=1S/C10H17Cl/c1-10(11)8-4-2-5-9(10)7-3-6-8/h8-9H,2-7H2,1H3. The van der Waals surface area contributed by atoms with Gasteiger partial charge in [0.05, 0.1) is 0 Å². The van der Waals surface area contributed by atoms with Crippen LogP contribution < -0.4 is 0 Å². The third kappa shape index (κ3) is 1.20. The second-order valence-corrected chi connectivity index (χ2v) is 5.22. The number of hydrogen-bond donors (Lipinski definition) is 0. The SMILES string of the molecule is CC1(Cl)C2CCCC1CCC2. The van der Waals surface area contributed by atoms with Crippen molar-refractivity contribution < 1.29 is 0 Å². The van der Waals surface area contributed by atoms with Crippen molar-refractivity contribution in [2.45, 2.75) is 50.3 Å². The molecule has 0 heterocycles. The lowest BCUT2D eigenvalue weighted by atomic mass is 9.65. The fourth-order valence-corrected chi connectivity index (χ4v) is 3.41. The normalized spacial score (nSPS) is 50.7. The van der Waals surface area contributed by atoms with E-state index in [9.17, 15) is 0 Å². The highest BCUT2D eigenvalue weighted by atomic mass is 35.5. The first-order valence-corrected chi connectivity index (χ1v) is 5.28. The highest BCUT2D eigenvalue weighted by molar-refractivity contribution is 6.24. The summed E-state index contributed by atoms with van der Waals surface area (Å²) < 4.78 is 0. The Morgan fingerprint density at radius 3 is 1.64 bits per heavy atom. The van der Waals surface area contributed by atoms with Crippen LogP contribution in [0.15, 0.2) is 0 Å². The molecule has 0 radical (unpaired) electrons. The van der Waals surface area contributed by atoms with Crippen LogP contribution in [-0.4, -0.2) is 4.87 Å². The first-order chi connectivity index (χ1) is 5.21. The van der Waals surface area contributed by atoms with Gasteiger partial charge in [0.25, 0.3) is 0 Å². The van der Waals surface area contributed by atoms with E-state index in [-0.39, 0.29) is 4.87 Å². The molecule has 2 saturated carbocycles.